The maximum absolute atomic E-state index is 10.6. The Morgan fingerprint density at radius 3 is 2.30 bits per heavy atom. The molecule has 8 aliphatic rings. The fourth-order valence-corrected chi connectivity index (χ4v) is 10.3. The fraction of sp³-hybridized carbons (Fsp3) is 0.500. The van der Waals surface area contributed by atoms with Gasteiger partial charge >= 0.3 is 0 Å². The minimum Gasteiger partial charge on any atom is -0.508 e. The van der Waals surface area contributed by atoms with Crippen molar-refractivity contribution in [3.8, 4) is 23.0 Å². The van der Waals surface area contributed by atoms with Crippen molar-refractivity contribution in [2.75, 3.05) is 41.4 Å². The van der Waals surface area contributed by atoms with Crippen LogP contribution in [0.3, 0.4) is 0 Å². The number of likely N-dealkylation sites (tertiary alicyclic amines) is 2. The van der Waals surface area contributed by atoms with Crippen LogP contribution in [0.5, 0.6) is 23.0 Å². The molecule has 8 nitrogen and oxygen atoms in total. The molecule has 0 amide bonds. The van der Waals surface area contributed by atoms with Crippen molar-refractivity contribution in [3.05, 3.63) is 82.2 Å². The van der Waals surface area contributed by atoms with Crippen molar-refractivity contribution in [3.63, 3.8) is 0 Å². The summed E-state index contributed by atoms with van der Waals surface area (Å²) in [6.07, 6.45) is 11.1. The van der Waals surface area contributed by atoms with Crippen LogP contribution in [0.1, 0.15) is 35.1 Å². The van der Waals surface area contributed by atoms with E-state index in [1.807, 2.05) is 24.3 Å². The molecular formula is C36H40N2O6. The first kappa shape index (κ1) is 26.9. The first-order chi connectivity index (χ1) is 21.3. The highest BCUT2D eigenvalue weighted by molar-refractivity contribution is 5.67. The molecule has 44 heavy (non-hydrogen) atoms. The number of piperidine rings is 2. The van der Waals surface area contributed by atoms with Crippen molar-refractivity contribution in [1.82, 2.24) is 9.80 Å². The van der Waals surface area contributed by atoms with Crippen LogP contribution in [0.4, 0.5) is 0 Å². The highest BCUT2D eigenvalue weighted by atomic mass is 16.5. The van der Waals surface area contributed by atoms with Gasteiger partial charge in [0.25, 0.3) is 0 Å². The molecule has 2 N–H and O–H groups in total. The minimum absolute atomic E-state index is 0.0806. The fourth-order valence-electron chi connectivity index (χ4n) is 10.3. The lowest BCUT2D eigenvalue weighted by Gasteiger charge is -2.56. The van der Waals surface area contributed by atoms with E-state index >= 15 is 0 Å². The molecule has 230 valence electrons. The van der Waals surface area contributed by atoms with E-state index in [1.54, 1.807) is 14.2 Å². The van der Waals surface area contributed by atoms with Gasteiger partial charge in [-0.15, -0.1) is 0 Å². The molecule has 4 aliphatic carbocycles. The van der Waals surface area contributed by atoms with Gasteiger partial charge in [-0.25, -0.2) is 0 Å². The van der Waals surface area contributed by atoms with Crippen LogP contribution in [0, 0.1) is 5.92 Å². The van der Waals surface area contributed by atoms with E-state index in [0.29, 0.717) is 23.8 Å². The second-order valence-electron chi connectivity index (χ2n) is 13.9. The van der Waals surface area contributed by atoms with Gasteiger partial charge in [0.1, 0.15) is 18.0 Å². The Bertz CT molecular complexity index is 1680. The molecule has 4 aliphatic heterocycles. The van der Waals surface area contributed by atoms with Gasteiger partial charge in [-0.3, -0.25) is 4.90 Å². The van der Waals surface area contributed by atoms with Gasteiger partial charge in [0, 0.05) is 34.5 Å². The van der Waals surface area contributed by atoms with Crippen molar-refractivity contribution in [2.45, 2.75) is 66.9 Å². The average Bonchev–Trinajstić information content (AvgIpc) is 3.57. The Hall–Kier alpha value is -3.46. The van der Waals surface area contributed by atoms with Crippen molar-refractivity contribution in [1.29, 1.82) is 0 Å². The number of allylic oxidation sites excluding steroid dienone is 2. The lowest BCUT2D eigenvalue weighted by Crippen LogP contribution is -2.64. The molecule has 4 heterocycles. The second kappa shape index (κ2) is 9.05. The number of hydrogen-bond donors (Lipinski definition) is 2. The quantitative estimate of drug-likeness (QED) is 0.507. The first-order valence-corrected chi connectivity index (χ1v) is 16.0. The summed E-state index contributed by atoms with van der Waals surface area (Å²) in [6, 6.07) is 9.26. The van der Waals surface area contributed by atoms with E-state index in [0.717, 1.165) is 61.8 Å². The van der Waals surface area contributed by atoms with E-state index in [4.69, 9.17) is 18.9 Å². The van der Waals surface area contributed by atoms with Gasteiger partial charge in [-0.05, 0) is 87.8 Å². The Kier molecular flexibility index (Phi) is 5.54. The van der Waals surface area contributed by atoms with Crippen LogP contribution in [-0.4, -0.2) is 91.8 Å². The summed E-state index contributed by atoms with van der Waals surface area (Å²) in [4.78, 5) is 4.90. The van der Waals surface area contributed by atoms with Crippen LogP contribution in [0.15, 0.2) is 59.9 Å². The van der Waals surface area contributed by atoms with E-state index < -0.39 is 6.10 Å². The standard InChI is InChI=1S/C18H21NO3.C18H19NO3/c2*1-19-8-7-18-11-4-5-13(20)17(18)22-16-14(21-2)6-3-10(15(16)18)9-12(11)19/h3-6,11-13,17,20H,7-9H2,1-2H3;3-6,12,17,20H,7-9H2,1-2H3/t11-,12+,13-,17-,18-;12-,17+,18+/m01/s1. The zero-order valence-corrected chi connectivity index (χ0v) is 25.7. The van der Waals surface area contributed by atoms with Crippen molar-refractivity contribution < 1.29 is 29.2 Å². The predicted molar refractivity (Wildman–Crippen MR) is 165 cm³/mol. The minimum atomic E-state index is -0.539. The zero-order chi connectivity index (χ0) is 30.1. The SMILES string of the molecule is COc1ccc2c3c1O[C@H]1C(O)=CC=C4[C@@H](C2)N(C)CC[C@]431.COc1ccc2c3c1O[C@H]1[C@@H](O)C=C[C@H]4[C@@H](C2)N(C)CC[C@@]341. The van der Waals surface area contributed by atoms with Gasteiger partial charge < -0.3 is 34.1 Å². The number of hydrogen-bond acceptors (Lipinski definition) is 8. The highest BCUT2D eigenvalue weighted by Gasteiger charge is 2.64. The first-order valence-electron chi connectivity index (χ1n) is 16.0. The molecule has 0 saturated carbocycles. The predicted octanol–water partition coefficient (Wildman–Crippen LogP) is 3.84. The normalized spacial score (nSPS) is 37.8. The highest BCUT2D eigenvalue weighted by Crippen LogP contribution is 2.63. The number of nitrogens with zero attached hydrogens (tertiary/aromatic N) is 2. The second-order valence-corrected chi connectivity index (χ2v) is 13.9. The molecule has 2 aromatic carbocycles. The van der Waals surface area contributed by atoms with Crippen LogP contribution in [0.2, 0.25) is 0 Å². The number of likely N-dealkylation sites (N-methyl/N-ethyl adjacent to an activating group) is 2. The molecule has 2 spiro atoms. The maximum Gasteiger partial charge on any atom is 0.169 e. The number of benzene rings is 2. The summed E-state index contributed by atoms with van der Waals surface area (Å²) >= 11 is 0. The third-order valence-electron chi connectivity index (χ3n) is 12.3. The zero-order valence-electron chi connectivity index (χ0n) is 25.7. The summed E-state index contributed by atoms with van der Waals surface area (Å²) < 4.78 is 23.6. The molecule has 2 aromatic rings. The largest absolute Gasteiger partial charge is 0.508 e. The van der Waals surface area contributed by atoms with E-state index in [1.165, 1.54) is 27.8 Å². The smallest absolute Gasteiger partial charge is 0.169 e. The third-order valence-corrected chi connectivity index (χ3v) is 12.3. The Balaban J connectivity index is 0.000000123. The maximum atomic E-state index is 10.6. The molecule has 0 unspecified atom stereocenters. The average molecular weight is 597 g/mol. The number of rotatable bonds is 2. The molecule has 0 aromatic heterocycles. The molecular weight excluding hydrogens is 556 g/mol. The molecule has 2 fully saturated rings. The summed E-state index contributed by atoms with van der Waals surface area (Å²) in [7, 11) is 7.77. The van der Waals surface area contributed by atoms with Crippen LogP contribution in [0.25, 0.3) is 0 Å². The Labute approximate surface area is 258 Å². The summed E-state index contributed by atoms with van der Waals surface area (Å²) in [6.45, 7) is 2.07. The van der Waals surface area contributed by atoms with Gasteiger partial charge in [-0.2, -0.15) is 0 Å². The van der Waals surface area contributed by atoms with Crippen molar-refractivity contribution in [2.24, 2.45) is 5.92 Å². The van der Waals surface area contributed by atoms with E-state index in [9.17, 15) is 10.2 Å². The molecule has 2 saturated heterocycles. The van der Waals surface area contributed by atoms with E-state index in [-0.39, 0.29) is 23.0 Å². The van der Waals surface area contributed by atoms with Gasteiger partial charge in [0.05, 0.1) is 19.6 Å². The van der Waals surface area contributed by atoms with Crippen LogP contribution >= 0.6 is 0 Å². The topological polar surface area (TPSA) is 83.9 Å². The summed E-state index contributed by atoms with van der Waals surface area (Å²) in [5.74, 6) is 4.03. The molecule has 10 rings (SSSR count). The van der Waals surface area contributed by atoms with Gasteiger partial charge in [-0.1, -0.05) is 30.4 Å². The van der Waals surface area contributed by atoms with Crippen LogP contribution < -0.4 is 18.9 Å². The van der Waals surface area contributed by atoms with Gasteiger partial charge in [0.2, 0.25) is 0 Å². The number of ether oxygens (including phenoxy) is 4. The monoisotopic (exact) mass is 596 g/mol. The third kappa shape index (κ3) is 3.09. The Morgan fingerprint density at radius 2 is 1.55 bits per heavy atom. The number of aliphatic hydroxyl groups excluding tert-OH is 2. The molecule has 8 atom stereocenters. The molecule has 8 heteroatoms. The number of aliphatic hydroxyl groups is 2. The molecule has 0 radical (unpaired) electrons. The Morgan fingerprint density at radius 1 is 0.841 bits per heavy atom. The van der Waals surface area contributed by atoms with Gasteiger partial charge in [0.15, 0.2) is 29.1 Å². The lowest BCUT2D eigenvalue weighted by atomic mass is 9.53. The lowest BCUT2D eigenvalue weighted by molar-refractivity contribution is -0.0453. The van der Waals surface area contributed by atoms with E-state index in [2.05, 4.69) is 48.2 Å². The number of methoxy groups -OCH3 is 2. The summed E-state index contributed by atoms with van der Waals surface area (Å²) in [5.41, 5.74) is 6.39. The van der Waals surface area contributed by atoms with Crippen LogP contribution in [-0.2, 0) is 23.7 Å². The van der Waals surface area contributed by atoms with Crippen molar-refractivity contribution >= 4 is 0 Å². The summed E-state index contributed by atoms with van der Waals surface area (Å²) in [5, 5.41) is 21.0. The molecule has 4 bridgehead atoms.